The normalized spacial score (nSPS) is 25.4. The number of aromatic nitrogens is 3. The van der Waals surface area contributed by atoms with Crippen molar-refractivity contribution in [2.45, 2.75) is 56.5 Å². The van der Waals surface area contributed by atoms with Crippen molar-refractivity contribution < 1.29 is 18.7 Å². The van der Waals surface area contributed by atoms with Gasteiger partial charge in [-0.3, -0.25) is 9.69 Å². The molecule has 4 heterocycles. The van der Waals surface area contributed by atoms with Gasteiger partial charge in [0.1, 0.15) is 30.4 Å². The van der Waals surface area contributed by atoms with E-state index in [1.807, 2.05) is 12.1 Å². The minimum absolute atomic E-state index is 0.119. The summed E-state index contributed by atoms with van der Waals surface area (Å²) in [5.74, 6) is 0.920. The Hall–Kier alpha value is -4.18. The van der Waals surface area contributed by atoms with Gasteiger partial charge in [0.15, 0.2) is 11.6 Å². The van der Waals surface area contributed by atoms with Crippen molar-refractivity contribution in [3.8, 4) is 23.2 Å². The Labute approximate surface area is 268 Å². The molecule has 3 aromatic rings. The first-order valence-electron chi connectivity index (χ1n) is 16.3. The first-order chi connectivity index (χ1) is 22.5. The predicted octanol–water partition coefficient (Wildman–Crippen LogP) is 3.88. The summed E-state index contributed by atoms with van der Waals surface area (Å²) in [6, 6.07) is 15.9. The maximum atomic E-state index is 15.2. The Bertz CT molecular complexity index is 1570. The van der Waals surface area contributed by atoms with Crippen LogP contribution in [0.2, 0.25) is 0 Å². The number of nitrogens with zero attached hydrogens (tertiary/aromatic N) is 6. The lowest BCUT2D eigenvalue weighted by atomic mass is 9.81. The van der Waals surface area contributed by atoms with Gasteiger partial charge in [-0.15, -0.1) is 0 Å². The zero-order chi connectivity index (χ0) is 31.5. The van der Waals surface area contributed by atoms with E-state index in [0.717, 1.165) is 64.5 Å². The largest absolute Gasteiger partial charge is 0.486 e. The van der Waals surface area contributed by atoms with Crippen molar-refractivity contribution in [2.75, 3.05) is 56.2 Å². The molecule has 0 bridgehead atoms. The fourth-order valence-corrected chi connectivity index (χ4v) is 6.87. The number of carbonyl (C=O) groups excluding carboxylic acids is 1. The van der Waals surface area contributed by atoms with Gasteiger partial charge in [0.05, 0.1) is 30.9 Å². The highest BCUT2D eigenvalue weighted by Gasteiger charge is 2.38. The van der Waals surface area contributed by atoms with Crippen LogP contribution in [0.5, 0.6) is 5.75 Å². The number of ether oxygens (including phenoxy) is 2. The van der Waals surface area contributed by atoms with E-state index in [-0.39, 0.29) is 29.7 Å². The van der Waals surface area contributed by atoms with Gasteiger partial charge in [0.2, 0.25) is 5.95 Å². The number of benzene rings is 2. The van der Waals surface area contributed by atoms with Crippen LogP contribution in [0.25, 0.3) is 11.4 Å². The molecule has 11 nitrogen and oxygen atoms in total. The van der Waals surface area contributed by atoms with Gasteiger partial charge in [-0.1, -0.05) is 0 Å². The van der Waals surface area contributed by atoms with E-state index >= 15 is 4.39 Å². The Kier molecular flexibility index (Phi) is 9.05. The summed E-state index contributed by atoms with van der Waals surface area (Å²) in [6.45, 7) is 6.60. The first kappa shape index (κ1) is 30.5. The second-order valence-corrected chi connectivity index (χ2v) is 12.6. The van der Waals surface area contributed by atoms with Crippen LogP contribution in [0.3, 0.4) is 0 Å². The molecule has 3 aliphatic heterocycles. The number of nitriles is 1. The number of anilines is 3. The van der Waals surface area contributed by atoms with Gasteiger partial charge in [-0.25, -0.2) is 14.4 Å². The molecule has 46 heavy (non-hydrogen) atoms. The lowest BCUT2D eigenvalue weighted by molar-refractivity contribution is -0.127. The van der Waals surface area contributed by atoms with Crippen LogP contribution in [-0.4, -0.2) is 95.9 Å². The molecule has 1 aliphatic carbocycles. The number of halogens is 1. The Morgan fingerprint density at radius 2 is 1.89 bits per heavy atom. The summed E-state index contributed by atoms with van der Waals surface area (Å²) in [5, 5.41) is 16.4. The van der Waals surface area contributed by atoms with Gasteiger partial charge in [-0.2, -0.15) is 10.2 Å². The standard InChI is InChI=1S/C34H39FN8O3/c35-28-17-22(32(44)29-2-1-11-37-29)3-10-31(28)46-30-9-4-23(16-24(30)18-36)33-38-21-39-34(41-33)40-25-5-7-26(8-6-25)42-12-14-43(15-13-42)27-19-45-20-27/h4-9,16,21-22,27-29,31,37H,1-3,10-15,17,19-20H2,(H,38,39,40,41)/t22?,28-,29?,31+/m1/s1. The maximum absolute atomic E-state index is 15.2. The van der Waals surface area contributed by atoms with Crippen molar-refractivity contribution in [3.63, 3.8) is 0 Å². The fourth-order valence-electron chi connectivity index (χ4n) is 6.87. The van der Waals surface area contributed by atoms with Crippen LogP contribution in [0, 0.1) is 17.2 Å². The first-order valence-corrected chi connectivity index (χ1v) is 16.3. The molecule has 4 aliphatic rings. The molecule has 0 spiro atoms. The number of Topliss-reactive ketones (excluding diaryl/α,β-unsaturated/α-hetero) is 1. The zero-order valence-corrected chi connectivity index (χ0v) is 25.8. The summed E-state index contributed by atoms with van der Waals surface area (Å²) >= 11 is 0. The average Bonchev–Trinajstić information content (AvgIpc) is 3.61. The molecule has 4 atom stereocenters. The fraction of sp³-hybridized carbons (Fsp3) is 0.500. The van der Waals surface area contributed by atoms with Gasteiger partial charge in [0, 0.05) is 49.0 Å². The average molecular weight is 627 g/mol. The van der Waals surface area contributed by atoms with Gasteiger partial charge in [0.25, 0.3) is 0 Å². The van der Waals surface area contributed by atoms with Crippen LogP contribution in [0.15, 0.2) is 48.8 Å². The van der Waals surface area contributed by atoms with E-state index in [0.29, 0.717) is 42.0 Å². The molecule has 2 N–H and O–H groups in total. The number of ketones is 1. The highest BCUT2D eigenvalue weighted by atomic mass is 19.1. The number of piperazine rings is 1. The smallest absolute Gasteiger partial charge is 0.230 e. The third-order valence-corrected chi connectivity index (χ3v) is 9.67. The number of alkyl halides is 1. The molecule has 7 rings (SSSR count). The lowest BCUT2D eigenvalue weighted by Crippen LogP contribution is -2.56. The third-order valence-electron chi connectivity index (χ3n) is 9.67. The molecule has 2 aromatic carbocycles. The number of carbonyl (C=O) groups is 1. The molecule has 4 fully saturated rings. The van der Waals surface area contributed by atoms with E-state index in [1.54, 1.807) is 18.2 Å². The van der Waals surface area contributed by atoms with Crippen LogP contribution in [0.4, 0.5) is 21.7 Å². The number of nitrogens with one attached hydrogen (secondary N) is 2. The SMILES string of the molecule is N#Cc1cc(-c2ncnc(Nc3ccc(N4CCN(C5COC5)CC4)cc3)n2)ccc1O[C@H]1CCC(C(=O)C2CCCN2)C[C@H]1F. The van der Waals surface area contributed by atoms with E-state index in [2.05, 4.69) is 53.6 Å². The Balaban J connectivity index is 0.960. The number of hydrogen-bond donors (Lipinski definition) is 2. The molecule has 0 amide bonds. The van der Waals surface area contributed by atoms with E-state index < -0.39 is 12.3 Å². The number of rotatable bonds is 9. The summed E-state index contributed by atoms with van der Waals surface area (Å²) < 4.78 is 26.5. The van der Waals surface area contributed by atoms with Crippen molar-refractivity contribution >= 4 is 23.1 Å². The highest BCUT2D eigenvalue weighted by Crippen LogP contribution is 2.34. The van der Waals surface area contributed by atoms with Crippen molar-refractivity contribution in [1.82, 2.24) is 25.2 Å². The summed E-state index contributed by atoms with van der Waals surface area (Å²) in [7, 11) is 0. The highest BCUT2D eigenvalue weighted by molar-refractivity contribution is 5.86. The lowest BCUT2D eigenvalue weighted by Gasteiger charge is -2.43. The van der Waals surface area contributed by atoms with Crippen molar-refractivity contribution in [3.05, 3.63) is 54.4 Å². The minimum atomic E-state index is -1.28. The second kappa shape index (κ2) is 13.7. The third kappa shape index (κ3) is 6.67. The van der Waals surface area contributed by atoms with Crippen LogP contribution in [-0.2, 0) is 9.53 Å². The molecule has 0 radical (unpaired) electrons. The summed E-state index contributed by atoms with van der Waals surface area (Å²) in [5.41, 5.74) is 2.92. The molecule has 1 aromatic heterocycles. The topological polar surface area (TPSA) is 129 Å². The van der Waals surface area contributed by atoms with Crippen LogP contribution in [0.1, 0.15) is 37.7 Å². The molecule has 1 saturated carbocycles. The van der Waals surface area contributed by atoms with Crippen molar-refractivity contribution in [2.24, 2.45) is 5.92 Å². The summed E-state index contributed by atoms with van der Waals surface area (Å²) in [6.07, 6.45) is 2.41. The summed E-state index contributed by atoms with van der Waals surface area (Å²) in [4.78, 5) is 30.9. The van der Waals surface area contributed by atoms with E-state index in [1.165, 1.54) is 12.0 Å². The van der Waals surface area contributed by atoms with Crippen LogP contribution >= 0.6 is 0 Å². The van der Waals surface area contributed by atoms with Crippen molar-refractivity contribution in [1.29, 1.82) is 5.26 Å². The monoisotopic (exact) mass is 626 g/mol. The van der Waals surface area contributed by atoms with Gasteiger partial charge >= 0.3 is 0 Å². The molecule has 240 valence electrons. The molecule has 12 heteroatoms. The molecular formula is C34H39FN8O3. The second-order valence-electron chi connectivity index (χ2n) is 12.6. The molecule has 3 saturated heterocycles. The minimum Gasteiger partial charge on any atom is -0.486 e. The quantitative estimate of drug-likeness (QED) is 0.359. The molecule has 2 unspecified atom stereocenters. The zero-order valence-electron chi connectivity index (χ0n) is 25.8. The Morgan fingerprint density at radius 1 is 1.07 bits per heavy atom. The van der Waals surface area contributed by atoms with Gasteiger partial charge < -0.3 is 25.0 Å². The number of hydrogen-bond acceptors (Lipinski definition) is 11. The van der Waals surface area contributed by atoms with Gasteiger partial charge in [-0.05, 0) is 81.1 Å². The maximum Gasteiger partial charge on any atom is 0.230 e. The van der Waals surface area contributed by atoms with E-state index in [4.69, 9.17) is 9.47 Å². The predicted molar refractivity (Wildman–Crippen MR) is 171 cm³/mol. The molecular weight excluding hydrogens is 587 g/mol. The van der Waals surface area contributed by atoms with E-state index in [9.17, 15) is 10.1 Å². The Morgan fingerprint density at radius 3 is 2.59 bits per heavy atom. The van der Waals surface area contributed by atoms with Crippen LogP contribution < -0.4 is 20.3 Å².